The lowest BCUT2D eigenvalue weighted by atomic mass is 9.94. The molecule has 1 aliphatic heterocycles. The molecule has 1 saturated heterocycles. The molecule has 0 spiro atoms. The Morgan fingerprint density at radius 3 is 2.68 bits per heavy atom. The fourth-order valence-corrected chi connectivity index (χ4v) is 3.40. The largest absolute Gasteiger partial charge is 0.384 e. The highest BCUT2D eigenvalue weighted by molar-refractivity contribution is 5.18. The maximum absolute atomic E-state index is 9.73. The highest BCUT2D eigenvalue weighted by Gasteiger charge is 2.49. The zero-order chi connectivity index (χ0) is 13.3. The maximum atomic E-state index is 9.73. The van der Waals surface area contributed by atoms with Crippen molar-refractivity contribution in [2.75, 3.05) is 33.4 Å². The van der Waals surface area contributed by atoms with Crippen LogP contribution in [0.2, 0.25) is 0 Å². The van der Waals surface area contributed by atoms with Gasteiger partial charge in [-0.15, -0.1) is 0 Å². The van der Waals surface area contributed by atoms with E-state index in [2.05, 4.69) is 16.3 Å². The molecule has 4 nitrogen and oxygen atoms in total. The van der Waals surface area contributed by atoms with Gasteiger partial charge in [-0.1, -0.05) is 0 Å². The van der Waals surface area contributed by atoms with Crippen LogP contribution in [-0.4, -0.2) is 49.8 Å². The van der Waals surface area contributed by atoms with Crippen molar-refractivity contribution in [2.45, 2.75) is 43.7 Å². The minimum absolute atomic E-state index is 0.275. The van der Waals surface area contributed by atoms with Gasteiger partial charge in [0.1, 0.15) is 5.54 Å². The first-order valence-corrected chi connectivity index (χ1v) is 7.66. The van der Waals surface area contributed by atoms with E-state index in [0.29, 0.717) is 17.9 Å². The Morgan fingerprint density at radius 2 is 2.11 bits per heavy atom. The third-order valence-corrected chi connectivity index (χ3v) is 4.76. The minimum atomic E-state index is -0.275. The summed E-state index contributed by atoms with van der Waals surface area (Å²) in [6, 6.07) is 3.25. The van der Waals surface area contributed by atoms with Gasteiger partial charge in [-0.2, -0.15) is 5.26 Å². The fraction of sp³-hybridized carbons (Fsp3) is 0.933. The molecule has 1 heterocycles. The summed E-state index contributed by atoms with van der Waals surface area (Å²) in [4.78, 5) is 2.47. The lowest BCUT2D eigenvalue weighted by Crippen LogP contribution is -2.55. The van der Waals surface area contributed by atoms with Crippen LogP contribution in [0.5, 0.6) is 0 Å². The molecule has 0 aromatic heterocycles. The molecule has 19 heavy (non-hydrogen) atoms. The van der Waals surface area contributed by atoms with Crippen molar-refractivity contribution in [1.29, 1.82) is 5.26 Å². The van der Waals surface area contributed by atoms with Crippen LogP contribution in [0.4, 0.5) is 0 Å². The molecule has 106 valence electrons. The zero-order valence-corrected chi connectivity index (χ0v) is 11.9. The Balaban J connectivity index is 1.60. The summed E-state index contributed by atoms with van der Waals surface area (Å²) >= 11 is 0. The quantitative estimate of drug-likeness (QED) is 0.754. The Morgan fingerprint density at radius 1 is 1.32 bits per heavy atom. The number of hydrogen-bond donors (Lipinski definition) is 1. The van der Waals surface area contributed by atoms with Gasteiger partial charge in [-0.25, -0.2) is 0 Å². The molecular weight excluding hydrogens is 238 g/mol. The maximum Gasteiger partial charge on any atom is 0.122 e. The molecule has 2 atom stereocenters. The molecule has 1 N–H and O–H groups in total. The Bertz CT molecular complexity index is 359. The summed E-state index contributed by atoms with van der Waals surface area (Å²) in [6.07, 6.45) is 6.17. The van der Waals surface area contributed by atoms with Crippen LogP contribution >= 0.6 is 0 Å². The monoisotopic (exact) mass is 263 g/mol. The summed E-state index contributed by atoms with van der Waals surface area (Å²) in [5, 5.41) is 13.4. The normalized spacial score (nSPS) is 31.1. The van der Waals surface area contributed by atoms with Gasteiger partial charge in [0.15, 0.2) is 0 Å². The van der Waals surface area contributed by atoms with E-state index in [1.165, 1.54) is 32.1 Å². The van der Waals surface area contributed by atoms with E-state index in [9.17, 15) is 5.26 Å². The smallest absolute Gasteiger partial charge is 0.122 e. The van der Waals surface area contributed by atoms with Gasteiger partial charge in [0.05, 0.1) is 12.7 Å². The third kappa shape index (κ3) is 3.10. The van der Waals surface area contributed by atoms with Crippen LogP contribution in [0.1, 0.15) is 32.1 Å². The van der Waals surface area contributed by atoms with E-state index in [1.807, 2.05) is 0 Å². The summed E-state index contributed by atoms with van der Waals surface area (Å²) in [5.74, 6) is 1.24. The van der Waals surface area contributed by atoms with Gasteiger partial charge < -0.3 is 9.64 Å². The Labute approximate surface area is 116 Å². The number of nitriles is 1. The SMILES string of the molecule is COCC1CCN(CC(C#N)(NC2CC2)C2CC2)C1. The molecule has 0 aromatic rings. The zero-order valence-electron chi connectivity index (χ0n) is 11.9. The number of methoxy groups -OCH3 is 1. The van der Waals surface area contributed by atoms with E-state index in [-0.39, 0.29) is 5.54 Å². The van der Waals surface area contributed by atoms with Crippen molar-refractivity contribution in [3.05, 3.63) is 0 Å². The molecule has 2 aliphatic carbocycles. The van der Waals surface area contributed by atoms with E-state index in [4.69, 9.17) is 4.74 Å². The first-order valence-electron chi connectivity index (χ1n) is 7.66. The van der Waals surface area contributed by atoms with Gasteiger partial charge in [-0.3, -0.25) is 5.32 Å². The molecule has 3 rings (SSSR count). The lowest BCUT2D eigenvalue weighted by Gasteiger charge is -2.32. The van der Waals surface area contributed by atoms with Crippen LogP contribution in [0.15, 0.2) is 0 Å². The standard InChI is InChI=1S/C15H25N3O/c1-19-9-12-6-7-18(8-12)11-15(10-16,13-2-3-13)17-14-4-5-14/h12-14,17H,2-9,11H2,1H3. The van der Waals surface area contributed by atoms with Crippen LogP contribution < -0.4 is 5.32 Å². The van der Waals surface area contributed by atoms with Gasteiger partial charge in [0.2, 0.25) is 0 Å². The molecule has 0 aromatic carbocycles. The second-order valence-electron chi connectivity index (χ2n) is 6.62. The highest BCUT2D eigenvalue weighted by atomic mass is 16.5. The summed E-state index contributed by atoms with van der Waals surface area (Å²) < 4.78 is 5.26. The molecule has 2 saturated carbocycles. The van der Waals surface area contributed by atoms with Crippen molar-refractivity contribution >= 4 is 0 Å². The first kappa shape index (κ1) is 13.4. The number of rotatable bonds is 7. The van der Waals surface area contributed by atoms with Crippen LogP contribution in [0, 0.1) is 23.2 Å². The molecule has 2 unspecified atom stereocenters. The minimum Gasteiger partial charge on any atom is -0.384 e. The van der Waals surface area contributed by atoms with Crippen molar-refractivity contribution in [3.8, 4) is 6.07 Å². The molecule has 3 fully saturated rings. The Hall–Kier alpha value is -0.630. The van der Waals surface area contributed by atoms with Crippen molar-refractivity contribution in [2.24, 2.45) is 11.8 Å². The van der Waals surface area contributed by atoms with Crippen molar-refractivity contribution in [1.82, 2.24) is 10.2 Å². The van der Waals surface area contributed by atoms with E-state index < -0.39 is 0 Å². The van der Waals surface area contributed by atoms with Gasteiger partial charge >= 0.3 is 0 Å². The van der Waals surface area contributed by atoms with E-state index >= 15 is 0 Å². The first-order chi connectivity index (χ1) is 9.25. The number of hydrogen-bond acceptors (Lipinski definition) is 4. The summed E-state index contributed by atoms with van der Waals surface area (Å²) in [6.45, 7) is 3.98. The summed E-state index contributed by atoms with van der Waals surface area (Å²) in [5.41, 5.74) is -0.275. The molecule has 0 radical (unpaired) electrons. The predicted octanol–water partition coefficient (Wildman–Crippen LogP) is 1.38. The molecule has 3 aliphatic rings. The molecule has 0 bridgehead atoms. The topological polar surface area (TPSA) is 48.3 Å². The average Bonchev–Trinajstić information content (AvgIpc) is 3.30. The number of likely N-dealkylation sites (tertiary alicyclic amines) is 1. The third-order valence-electron chi connectivity index (χ3n) is 4.76. The highest BCUT2D eigenvalue weighted by Crippen LogP contribution is 2.42. The second kappa shape index (κ2) is 5.40. The van der Waals surface area contributed by atoms with Crippen molar-refractivity contribution in [3.63, 3.8) is 0 Å². The molecule has 4 heteroatoms. The fourth-order valence-electron chi connectivity index (χ4n) is 3.40. The second-order valence-corrected chi connectivity index (χ2v) is 6.62. The molecule has 0 amide bonds. The Kier molecular flexibility index (Phi) is 3.79. The average molecular weight is 263 g/mol. The van der Waals surface area contributed by atoms with Gasteiger partial charge in [-0.05, 0) is 50.5 Å². The predicted molar refractivity (Wildman–Crippen MR) is 73.6 cm³/mol. The van der Waals surface area contributed by atoms with Crippen LogP contribution in [0.25, 0.3) is 0 Å². The number of nitrogens with one attached hydrogen (secondary N) is 1. The van der Waals surface area contributed by atoms with E-state index in [1.54, 1.807) is 7.11 Å². The van der Waals surface area contributed by atoms with Crippen molar-refractivity contribution < 1.29 is 4.74 Å². The lowest BCUT2D eigenvalue weighted by molar-refractivity contribution is 0.148. The van der Waals surface area contributed by atoms with Gasteiger partial charge in [0, 0.05) is 26.2 Å². The summed E-state index contributed by atoms with van der Waals surface area (Å²) in [7, 11) is 1.78. The van der Waals surface area contributed by atoms with Crippen LogP contribution in [0.3, 0.4) is 0 Å². The van der Waals surface area contributed by atoms with Gasteiger partial charge in [0.25, 0.3) is 0 Å². The molecular formula is C15H25N3O. The van der Waals surface area contributed by atoms with Crippen LogP contribution in [-0.2, 0) is 4.74 Å². The number of ether oxygens (including phenoxy) is 1. The van der Waals surface area contributed by atoms with E-state index in [0.717, 1.165) is 26.2 Å². The number of nitrogens with zero attached hydrogens (tertiary/aromatic N) is 2.